The zero-order valence-corrected chi connectivity index (χ0v) is 13.7. The van der Waals surface area contributed by atoms with Gasteiger partial charge in [0.15, 0.2) is 5.16 Å². The van der Waals surface area contributed by atoms with E-state index in [1.165, 1.54) is 19.3 Å². The lowest BCUT2D eigenvalue weighted by Gasteiger charge is -2.56. The summed E-state index contributed by atoms with van der Waals surface area (Å²) in [5.41, 5.74) is -0.409. The van der Waals surface area contributed by atoms with E-state index in [2.05, 4.69) is 15.3 Å². The molecule has 0 atom stereocenters. The lowest BCUT2D eigenvalue weighted by atomic mass is 9.53. The molecule has 4 aliphatic rings. The molecule has 4 bridgehead atoms. The molecule has 1 amide bonds. The quantitative estimate of drug-likeness (QED) is 0.574. The highest BCUT2D eigenvalue weighted by Crippen LogP contribution is 2.55. The molecule has 5 rings (SSSR count). The average Bonchev–Trinajstić information content (AvgIpc) is 2.42. The van der Waals surface area contributed by atoms with Crippen LogP contribution in [0.5, 0.6) is 5.88 Å². The Hall–Kier alpha value is -1.50. The summed E-state index contributed by atoms with van der Waals surface area (Å²) in [6, 6.07) is 1.01. The number of H-pyrrole nitrogens is 1. The fourth-order valence-electron chi connectivity index (χ4n) is 5.22. The molecule has 6 nitrogen and oxygen atoms in total. The lowest BCUT2D eigenvalue weighted by Crippen LogP contribution is -2.60. The predicted molar refractivity (Wildman–Crippen MR) is 86.3 cm³/mol. The second kappa shape index (κ2) is 5.54. The van der Waals surface area contributed by atoms with E-state index < -0.39 is 5.56 Å². The molecule has 0 aliphatic heterocycles. The number of aromatic nitrogens is 2. The molecule has 4 aliphatic carbocycles. The molecule has 23 heavy (non-hydrogen) atoms. The number of rotatable bonds is 4. The van der Waals surface area contributed by atoms with E-state index >= 15 is 0 Å². The lowest BCUT2D eigenvalue weighted by molar-refractivity contribution is -0.124. The fraction of sp³-hybridized carbons (Fsp3) is 0.688. The number of hydrogen-bond donors (Lipinski definition) is 3. The standard InChI is InChI=1S/C16H21N3O3S/c20-12-4-13(21)18-15(17-12)23-8-14(22)19-16-5-9-1-10(6-16)3-11(2-9)7-16/h4,9-11H,1-3,5-8H2,(H,19,22)(H2,17,18,20,21). The Morgan fingerprint density at radius 1 is 1.30 bits per heavy atom. The van der Waals surface area contributed by atoms with Crippen LogP contribution < -0.4 is 10.9 Å². The molecule has 124 valence electrons. The molecule has 0 spiro atoms. The van der Waals surface area contributed by atoms with Crippen molar-refractivity contribution in [3.63, 3.8) is 0 Å². The van der Waals surface area contributed by atoms with Gasteiger partial charge in [0.05, 0.1) is 11.8 Å². The van der Waals surface area contributed by atoms with E-state index in [-0.39, 0.29) is 28.2 Å². The molecule has 4 saturated carbocycles. The first-order valence-electron chi connectivity index (χ1n) is 8.24. The third-order valence-electron chi connectivity index (χ3n) is 5.49. The molecule has 1 aromatic heterocycles. The molecule has 0 aromatic carbocycles. The zero-order chi connectivity index (χ0) is 16.0. The minimum absolute atomic E-state index is 0.00601. The van der Waals surface area contributed by atoms with Gasteiger partial charge in [-0.25, -0.2) is 0 Å². The van der Waals surface area contributed by atoms with Gasteiger partial charge in [0.2, 0.25) is 11.8 Å². The van der Waals surface area contributed by atoms with Gasteiger partial charge >= 0.3 is 0 Å². The Labute approximate surface area is 138 Å². The number of nitrogens with one attached hydrogen (secondary N) is 2. The molecular formula is C16H21N3O3S. The normalized spacial score (nSPS) is 34.5. The van der Waals surface area contributed by atoms with Crippen molar-refractivity contribution in [3.05, 3.63) is 16.4 Å². The largest absolute Gasteiger partial charge is 0.493 e. The third-order valence-corrected chi connectivity index (χ3v) is 6.36. The number of carbonyl (C=O) groups excluding carboxylic acids is 1. The summed E-state index contributed by atoms with van der Waals surface area (Å²) < 4.78 is 0. The summed E-state index contributed by atoms with van der Waals surface area (Å²) in [6.07, 6.45) is 7.40. The van der Waals surface area contributed by atoms with Crippen LogP contribution in [0.15, 0.2) is 16.0 Å². The monoisotopic (exact) mass is 335 g/mol. The highest BCUT2D eigenvalue weighted by molar-refractivity contribution is 7.99. The molecule has 0 unspecified atom stereocenters. The van der Waals surface area contributed by atoms with Crippen LogP contribution in [0.2, 0.25) is 0 Å². The molecule has 7 heteroatoms. The average molecular weight is 335 g/mol. The van der Waals surface area contributed by atoms with Crippen molar-refractivity contribution in [1.29, 1.82) is 0 Å². The van der Waals surface area contributed by atoms with Gasteiger partial charge in [-0.15, -0.1) is 0 Å². The maximum absolute atomic E-state index is 12.4. The SMILES string of the molecule is O=C(CSc1nc(O)cc(=O)[nH]1)NC12CC3CC(CC(C3)C1)C2. The second-order valence-corrected chi connectivity index (χ2v) is 8.41. The van der Waals surface area contributed by atoms with Crippen LogP contribution in [-0.2, 0) is 4.79 Å². The second-order valence-electron chi connectivity index (χ2n) is 7.44. The molecular weight excluding hydrogens is 314 g/mol. The van der Waals surface area contributed by atoms with Crippen LogP contribution >= 0.6 is 11.8 Å². The zero-order valence-electron chi connectivity index (χ0n) is 12.9. The van der Waals surface area contributed by atoms with Crippen LogP contribution in [0.1, 0.15) is 38.5 Å². The van der Waals surface area contributed by atoms with E-state index in [4.69, 9.17) is 0 Å². The van der Waals surface area contributed by atoms with Gasteiger partial charge in [0, 0.05) is 5.54 Å². The molecule has 3 N–H and O–H groups in total. The van der Waals surface area contributed by atoms with Crippen molar-refractivity contribution < 1.29 is 9.90 Å². The van der Waals surface area contributed by atoms with Crippen molar-refractivity contribution in [2.45, 2.75) is 49.2 Å². The summed E-state index contributed by atoms with van der Waals surface area (Å²) in [5.74, 6) is 2.24. The number of nitrogens with zero attached hydrogens (tertiary/aromatic N) is 1. The summed E-state index contributed by atoms with van der Waals surface area (Å²) >= 11 is 1.15. The maximum atomic E-state index is 12.4. The first kappa shape index (κ1) is 15.1. The number of hydrogen-bond acceptors (Lipinski definition) is 5. The Bertz CT molecular complexity index is 652. The minimum atomic E-state index is -0.415. The summed E-state index contributed by atoms with van der Waals surface area (Å²) in [5, 5.41) is 12.9. The van der Waals surface area contributed by atoms with Gasteiger partial charge in [0.1, 0.15) is 0 Å². The maximum Gasteiger partial charge on any atom is 0.255 e. The number of aromatic amines is 1. The van der Waals surface area contributed by atoms with Crippen molar-refractivity contribution in [2.24, 2.45) is 17.8 Å². The number of aromatic hydroxyl groups is 1. The minimum Gasteiger partial charge on any atom is -0.493 e. The van der Waals surface area contributed by atoms with Crippen LogP contribution in [-0.4, -0.2) is 32.3 Å². The number of amides is 1. The van der Waals surface area contributed by atoms with Gasteiger partial charge in [-0.3, -0.25) is 9.59 Å². The third kappa shape index (κ3) is 3.11. The van der Waals surface area contributed by atoms with Crippen LogP contribution in [0, 0.1) is 17.8 Å². The van der Waals surface area contributed by atoms with E-state index in [0.29, 0.717) is 0 Å². The van der Waals surface area contributed by atoms with Gasteiger partial charge in [-0.05, 0) is 56.3 Å². The Morgan fingerprint density at radius 3 is 2.48 bits per heavy atom. The summed E-state index contributed by atoms with van der Waals surface area (Å²) in [6.45, 7) is 0. The molecule has 4 fully saturated rings. The predicted octanol–water partition coefficient (Wildman–Crippen LogP) is 1.65. The van der Waals surface area contributed by atoms with E-state index in [1.54, 1.807) is 0 Å². The highest BCUT2D eigenvalue weighted by atomic mass is 32.2. The van der Waals surface area contributed by atoms with Gasteiger partial charge < -0.3 is 15.4 Å². The summed E-state index contributed by atoms with van der Waals surface area (Å²) in [7, 11) is 0. The van der Waals surface area contributed by atoms with Crippen LogP contribution in [0.3, 0.4) is 0 Å². The smallest absolute Gasteiger partial charge is 0.255 e. The number of carbonyl (C=O) groups is 1. The van der Waals surface area contributed by atoms with Gasteiger partial charge in [-0.1, -0.05) is 11.8 Å². The molecule has 1 heterocycles. The number of thioether (sulfide) groups is 1. The van der Waals surface area contributed by atoms with Crippen molar-refractivity contribution in [1.82, 2.24) is 15.3 Å². The van der Waals surface area contributed by atoms with Gasteiger partial charge in [0.25, 0.3) is 5.56 Å². The topological polar surface area (TPSA) is 95.1 Å². The highest BCUT2D eigenvalue weighted by Gasteiger charge is 2.51. The summed E-state index contributed by atoms with van der Waals surface area (Å²) in [4.78, 5) is 30.0. The Balaban J connectivity index is 1.38. The van der Waals surface area contributed by atoms with Crippen LogP contribution in [0.25, 0.3) is 0 Å². The van der Waals surface area contributed by atoms with E-state index in [9.17, 15) is 14.7 Å². The van der Waals surface area contributed by atoms with Gasteiger partial charge in [-0.2, -0.15) is 4.98 Å². The van der Waals surface area contributed by atoms with E-state index in [0.717, 1.165) is 54.8 Å². The molecule has 0 radical (unpaired) electrons. The Kier molecular flexibility index (Phi) is 3.63. The first-order valence-corrected chi connectivity index (χ1v) is 9.22. The van der Waals surface area contributed by atoms with Crippen LogP contribution in [0.4, 0.5) is 0 Å². The molecule has 1 aromatic rings. The van der Waals surface area contributed by atoms with E-state index in [1.807, 2.05) is 0 Å². The fourth-order valence-corrected chi connectivity index (χ4v) is 5.89. The Morgan fingerprint density at radius 2 is 1.91 bits per heavy atom. The van der Waals surface area contributed by atoms with Crippen molar-refractivity contribution in [2.75, 3.05) is 5.75 Å². The van der Waals surface area contributed by atoms with Crippen molar-refractivity contribution >= 4 is 17.7 Å². The molecule has 0 saturated heterocycles. The first-order chi connectivity index (χ1) is 11.0. The van der Waals surface area contributed by atoms with Crippen molar-refractivity contribution in [3.8, 4) is 5.88 Å².